The number of rotatable bonds is 6. The number of hydrogen-bond donors (Lipinski definition) is 1. The van der Waals surface area contributed by atoms with Crippen LogP contribution < -0.4 is 5.14 Å². The van der Waals surface area contributed by atoms with Gasteiger partial charge in [0.1, 0.15) is 5.82 Å². The lowest BCUT2D eigenvalue weighted by Crippen LogP contribution is -2.12. The second-order valence-corrected chi connectivity index (χ2v) is 5.74. The lowest BCUT2D eigenvalue weighted by molar-refractivity contribution is 0.411. The van der Waals surface area contributed by atoms with Gasteiger partial charge in [-0.2, -0.15) is 0 Å². The molecular weight excluding hydrogens is 238 g/mol. The van der Waals surface area contributed by atoms with Crippen LogP contribution in [0.25, 0.3) is 0 Å². The second-order valence-electron chi connectivity index (χ2n) is 4.23. The number of imidazole rings is 1. The van der Waals surface area contributed by atoms with Crippen LogP contribution in [0.4, 0.5) is 0 Å². The summed E-state index contributed by atoms with van der Waals surface area (Å²) in [7, 11) is -3.70. The SMILES string of the molecule is CCc1nc(S(N)(=O)=O)cn1CC(CC)CC. The lowest BCUT2D eigenvalue weighted by Gasteiger charge is -2.14. The molecule has 98 valence electrons. The first-order valence-electron chi connectivity index (χ1n) is 6.01. The van der Waals surface area contributed by atoms with E-state index in [1.54, 1.807) is 6.20 Å². The molecule has 0 aliphatic heterocycles. The smallest absolute Gasteiger partial charge is 0.257 e. The minimum Gasteiger partial charge on any atom is -0.333 e. The molecule has 0 radical (unpaired) electrons. The van der Waals surface area contributed by atoms with Crippen molar-refractivity contribution in [3.8, 4) is 0 Å². The summed E-state index contributed by atoms with van der Waals surface area (Å²) in [6.45, 7) is 7.03. The quantitative estimate of drug-likeness (QED) is 0.841. The van der Waals surface area contributed by atoms with Crippen molar-refractivity contribution in [1.29, 1.82) is 0 Å². The van der Waals surface area contributed by atoms with Crippen LogP contribution >= 0.6 is 0 Å². The Labute approximate surface area is 103 Å². The molecule has 0 spiro atoms. The van der Waals surface area contributed by atoms with Gasteiger partial charge < -0.3 is 4.57 Å². The molecule has 1 aromatic rings. The van der Waals surface area contributed by atoms with Gasteiger partial charge in [0.25, 0.3) is 10.0 Å². The second kappa shape index (κ2) is 5.64. The molecule has 0 bridgehead atoms. The molecule has 0 aliphatic carbocycles. The van der Waals surface area contributed by atoms with E-state index in [4.69, 9.17) is 5.14 Å². The maximum absolute atomic E-state index is 11.2. The van der Waals surface area contributed by atoms with Crippen molar-refractivity contribution in [2.75, 3.05) is 0 Å². The summed E-state index contributed by atoms with van der Waals surface area (Å²) in [4.78, 5) is 4.07. The Morgan fingerprint density at radius 3 is 2.35 bits per heavy atom. The fourth-order valence-corrected chi connectivity index (χ4v) is 2.34. The van der Waals surface area contributed by atoms with Crippen molar-refractivity contribution < 1.29 is 8.42 Å². The summed E-state index contributed by atoms with van der Waals surface area (Å²) in [5, 5.41) is 5.06. The lowest BCUT2D eigenvalue weighted by atomic mass is 10.0. The van der Waals surface area contributed by atoms with E-state index >= 15 is 0 Å². The number of nitrogens with zero attached hydrogens (tertiary/aromatic N) is 2. The molecule has 2 N–H and O–H groups in total. The molecule has 1 heterocycles. The van der Waals surface area contributed by atoms with Gasteiger partial charge in [-0.25, -0.2) is 18.5 Å². The molecule has 0 saturated carbocycles. The van der Waals surface area contributed by atoms with E-state index in [9.17, 15) is 8.42 Å². The molecule has 6 heteroatoms. The molecule has 0 atom stereocenters. The van der Waals surface area contributed by atoms with Crippen molar-refractivity contribution >= 4 is 10.0 Å². The Morgan fingerprint density at radius 2 is 1.94 bits per heavy atom. The van der Waals surface area contributed by atoms with Gasteiger partial charge in [-0.1, -0.05) is 33.6 Å². The van der Waals surface area contributed by atoms with Gasteiger partial charge in [-0.05, 0) is 5.92 Å². The van der Waals surface area contributed by atoms with Crippen LogP contribution in [-0.2, 0) is 23.0 Å². The average Bonchev–Trinajstić information content (AvgIpc) is 2.68. The third-order valence-corrected chi connectivity index (χ3v) is 3.83. The van der Waals surface area contributed by atoms with Crippen LogP contribution in [-0.4, -0.2) is 18.0 Å². The maximum Gasteiger partial charge on any atom is 0.257 e. The zero-order chi connectivity index (χ0) is 13.1. The molecule has 0 unspecified atom stereocenters. The van der Waals surface area contributed by atoms with E-state index in [1.807, 2.05) is 11.5 Å². The van der Waals surface area contributed by atoms with Gasteiger partial charge in [-0.15, -0.1) is 0 Å². The van der Waals surface area contributed by atoms with Crippen molar-refractivity contribution in [3.63, 3.8) is 0 Å². The Balaban J connectivity index is 3.03. The van der Waals surface area contributed by atoms with Crippen molar-refractivity contribution in [1.82, 2.24) is 9.55 Å². The van der Waals surface area contributed by atoms with E-state index in [0.29, 0.717) is 12.3 Å². The Kier molecular flexibility index (Phi) is 4.70. The summed E-state index contributed by atoms with van der Waals surface area (Å²) in [5.41, 5.74) is 0. The first kappa shape index (κ1) is 14.2. The van der Waals surface area contributed by atoms with E-state index in [-0.39, 0.29) is 5.03 Å². The van der Waals surface area contributed by atoms with Crippen molar-refractivity contribution in [2.24, 2.45) is 11.1 Å². The van der Waals surface area contributed by atoms with E-state index in [1.165, 1.54) is 0 Å². The Morgan fingerprint density at radius 1 is 1.35 bits per heavy atom. The Hall–Kier alpha value is -0.880. The normalized spacial score (nSPS) is 12.3. The highest BCUT2D eigenvalue weighted by Crippen LogP contribution is 2.15. The van der Waals surface area contributed by atoms with Gasteiger partial charge in [-0.3, -0.25) is 0 Å². The number of hydrogen-bond acceptors (Lipinski definition) is 3. The van der Waals surface area contributed by atoms with Gasteiger partial charge >= 0.3 is 0 Å². The van der Waals surface area contributed by atoms with Crippen LogP contribution in [0.3, 0.4) is 0 Å². The molecular formula is C11H21N3O2S. The molecule has 1 aromatic heterocycles. The van der Waals surface area contributed by atoms with Crippen LogP contribution in [0, 0.1) is 5.92 Å². The highest BCUT2D eigenvalue weighted by Gasteiger charge is 2.16. The summed E-state index contributed by atoms with van der Waals surface area (Å²) in [6.07, 6.45) is 4.40. The first-order chi connectivity index (χ1) is 7.92. The monoisotopic (exact) mass is 259 g/mol. The average molecular weight is 259 g/mol. The van der Waals surface area contributed by atoms with Crippen LogP contribution in [0.5, 0.6) is 0 Å². The first-order valence-corrected chi connectivity index (χ1v) is 7.55. The molecule has 0 fully saturated rings. The van der Waals surface area contributed by atoms with Crippen molar-refractivity contribution in [2.45, 2.75) is 51.6 Å². The Bertz CT molecular complexity index is 461. The van der Waals surface area contributed by atoms with Gasteiger partial charge in [0.2, 0.25) is 0 Å². The molecule has 1 rings (SSSR count). The number of sulfonamides is 1. The van der Waals surface area contributed by atoms with Crippen LogP contribution in [0.15, 0.2) is 11.2 Å². The predicted octanol–water partition coefficient (Wildman–Crippen LogP) is 1.53. The molecule has 17 heavy (non-hydrogen) atoms. The summed E-state index contributed by atoms with van der Waals surface area (Å²) in [6, 6.07) is 0. The van der Waals surface area contributed by atoms with E-state index in [0.717, 1.165) is 25.2 Å². The van der Waals surface area contributed by atoms with Crippen LogP contribution in [0.2, 0.25) is 0 Å². The fourth-order valence-electron chi connectivity index (χ4n) is 1.83. The van der Waals surface area contributed by atoms with E-state index in [2.05, 4.69) is 18.8 Å². The van der Waals surface area contributed by atoms with Crippen LogP contribution in [0.1, 0.15) is 39.4 Å². The minimum atomic E-state index is -3.70. The zero-order valence-corrected chi connectivity index (χ0v) is 11.5. The highest BCUT2D eigenvalue weighted by molar-refractivity contribution is 7.89. The van der Waals surface area contributed by atoms with E-state index < -0.39 is 10.0 Å². The van der Waals surface area contributed by atoms with Gasteiger partial charge in [0, 0.05) is 19.2 Å². The molecule has 0 amide bonds. The molecule has 0 aliphatic rings. The summed E-state index contributed by atoms with van der Waals surface area (Å²) < 4.78 is 24.4. The van der Waals surface area contributed by atoms with Gasteiger partial charge in [0.15, 0.2) is 5.03 Å². The zero-order valence-electron chi connectivity index (χ0n) is 10.7. The summed E-state index contributed by atoms with van der Waals surface area (Å²) >= 11 is 0. The van der Waals surface area contributed by atoms with Crippen molar-refractivity contribution in [3.05, 3.63) is 12.0 Å². The minimum absolute atomic E-state index is 0.0275. The highest BCUT2D eigenvalue weighted by atomic mass is 32.2. The maximum atomic E-state index is 11.2. The third kappa shape index (κ3) is 3.54. The predicted molar refractivity (Wildman–Crippen MR) is 67.1 cm³/mol. The largest absolute Gasteiger partial charge is 0.333 e. The number of aryl methyl sites for hydroxylation is 1. The van der Waals surface area contributed by atoms with Gasteiger partial charge in [0.05, 0.1) is 0 Å². The topological polar surface area (TPSA) is 78.0 Å². The third-order valence-electron chi connectivity index (χ3n) is 3.05. The number of primary sulfonamides is 1. The fraction of sp³-hybridized carbons (Fsp3) is 0.727. The molecule has 0 aromatic carbocycles. The standard InChI is InChI=1S/C11H21N3O2S/c1-4-9(5-2)7-14-8-11(17(12,15)16)13-10(14)6-3/h8-9H,4-7H2,1-3H3,(H2,12,15,16). The molecule has 0 saturated heterocycles. The number of nitrogens with two attached hydrogens (primary N) is 1. The molecule has 5 nitrogen and oxygen atoms in total. The number of aromatic nitrogens is 2. The summed E-state index contributed by atoms with van der Waals surface area (Å²) in [5.74, 6) is 1.32.